The fourth-order valence-electron chi connectivity index (χ4n) is 2.41. The van der Waals surface area contributed by atoms with Crippen LogP contribution in [0.2, 0.25) is 0 Å². The lowest BCUT2D eigenvalue weighted by atomic mass is 10.1. The second-order valence-electron chi connectivity index (χ2n) is 5.46. The average molecular weight is 426 g/mol. The molecule has 8 heteroatoms. The SMILES string of the molecule is N#Cc1c(-c2ccccc2)nc(NN=Cc2cc(F)ccc2CBr)[nH]c1=O. The van der Waals surface area contributed by atoms with Crippen LogP contribution in [-0.2, 0) is 5.33 Å². The molecule has 0 aliphatic rings. The fourth-order valence-corrected chi connectivity index (χ4v) is 2.92. The molecule has 3 rings (SSSR count). The fraction of sp³-hybridized carbons (Fsp3) is 0.0526. The van der Waals surface area contributed by atoms with Gasteiger partial charge in [-0.15, -0.1) is 0 Å². The molecular formula is C19H13BrFN5O. The molecule has 0 aliphatic heterocycles. The predicted molar refractivity (Wildman–Crippen MR) is 105 cm³/mol. The first-order chi connectivity index (χ1) is 13.1. The topological polar surface area (TPSA) is 93.9 Å². The Kier molecular flexibility index (Phi) is 5.74. The van der Waals surface area contributed by atoms with E-state index in [0.29, 0.717) is 16.5 Å². The van der Waals surface area contributed by atoms with Crippen molar-refractivity contribution in [2.24, 2.45) is 5.10 Å². The van der Waals surface area contributed by atoms with E-state index in [0.717, 1.165) is 5.56 Å². The van der Waals surface area contributed by atoms with Crippen molar-refractivity contribution in [3.8, 4) is 17.3 Å². The molecule has 0 atom stereocenters. The number of H-pyrrole nitrogens is 1. The van der Waals surface area contributed by atoms with E-state index in [-0.39, 0.29) is 23.0 Å². The Balaban J connectivity index is 1.93. The van der Waals surface area contributed by atoms with E-state index in [2.05, 4.69) is 36.4 Å². The second-order valence-corrected chi connectivity index (χ2v) is 6.02. The predicted octanol–water partition coefficient (Wildman–Crippen LogP) is 3.79. The zero-order valence-corrected chi connectivity index (χ0v) is 15.5. The van der Waals surface area contributed by atoms with E-state index >= 15 is 0 Å². The monoisotopic (exact) mass is 425 g/mol. The summed E-state index contributed by atoms with van der Waals surface area (Å²) in [4.78, 5) is 18.9. The molecule has 1 heterocycles. The van der Waals surface area contributed by atoms with Gasteiger partial charge in [-0.25, -0.2) is 14.8 Å². The minimum Gasteiger partial charge on any atom is -0.290 e. The zero-order valence-electron chi connectivity index (χ0n) is 13.9. The molecule has 0 spiro atoms. The molecule has 134 valence electrons. The molecule has 0 radical (unpaired) electrons. The molecule has 0 amide bonds. The minimum absolute atomic E-state index is 0.0749. The van der Waals surface area contributed by atoms with Crippen LogP contribution in [0.5, 0.6) is 0 Å². The largest absolute Gasteiger partial charge is 0.290 e. The van der Waals surface area contributed by atoms with Crippen molar-refractivity contribution in [1.82, 2.24) is 9.97 Å². The summed E-state index contributed by atoms with van der Waals surface area (Å²) in [5.41, 5.74) is 4.30. The maximum absolute atomic E-state index is 13.4. The van der Waals surface area contributed by atoms with Gasteiger partial charge in [-0.2, -0.15) is 10.4 Å². The number of alkyl halides is 1. The van der Waals surface area contributed by atoms with Gasteiger partial charge in [0.05, 0.1) is 11.9 Å². The molecule has 0 saturated carbocycles. The Labute approximate surface area is 162 Å². The summed E-state index contributed by atoms with van der Waals surface area (Å²) in [5, 5.41) is 13.8. The summed E-state index contributed by atoms with van der Waals surface area (Å²) < 4.78 is 13.4. The number of nitrogens with one attached hydrogen (secondary N) is 2. The first-order valence-corrected chi connectivity index (χ1v) is 8.98. The number of nitriles is 1. The first-order valence-electron chi connectivity index (χ1n) is 7.85. The Morgan fingerprint density at radius 3 is 2.78 bits per heavy atom. The van der Waals surface area contributed by atoms with E-state index in [1.165, 1.54) is 18.3 Å². The summed E-state index contributed by atoms with van der Waals surface area (Å²) in [5.74, 6) is -0.302. The van der Waals surface area contributed by atoms with Crippen LogP contribution in [-0.4, -0.2) is 16.2 Å². The van der Waals surface area contributed by atoms with Gasteiger partial charge in [0.25, 0.3) is 5.56 Å². The molecular weight excluding hydrogens is 413 g/mol. The van der Waals surface area contributed by atoms with Crippen LogP contribution < -0.4 is 11.0 Å². The molecule has 1 aromatic heterocycles. The maximum Gasteiger partial charge on any atom is 0.270 e. The number of hydrogen-bond donors (Lipinski definition) is 2. The van der Waals surface area contributed by atoms with Gasteiger partial charge in [0.15, 0.2) is 0 Å². The number of anilines is 1. The normalized spacial score (nSPS) is 10.7. The van der Waals surface area contributed by atoms with Gasteiger partial charge < -0.3 is 0 Å². The zero-order chi connectivity index (χ0) is 19.2. The highest BCUT2D eigenvalue weighted by atomic mass is 79.9. The lowest BCUT2D eigenvalue weighted by molar-refractivity contribution is 0.627. The number of hydrogen-bond acceptors (Lipinski definition) is 5. The van der Waals surface area contributed by atoms with Crippen LogP contribution in [0.4, 0.5) is 10.3 Å². The Morgan fingerprint density at radius 1 is 1.30 bits per heavy atom. The van der Waals surface area contributed by atoms with Crippen LogP contribution in [0.25, 0.3) is 11.3 Å². The highest BCUT2D eigenvalue weighted by molar-refractivity contribution is 9.08. The average Bonchev–Trinajstić information content (AvgIpc) is 2.68. The molecule has 6 nitrogen and oxygen atoms in total. The van der Waals surface area contributed by atoms with Gasteiger partial charge in [-0.1, -0.05) is 52.3 Å². The smallest absolute Gasteiger partial charge is 0.270 e. The highest BCUT2D eigenvalue weighted by Gasteiger charge is 2.12. The van der Waals surface area contributed by atoms with Gasteiger partial charge in [-0.05, 0) is 17.7 Å². The Hall–Kier alpha value is -3.31. The van der Waals surface area contributed by atoms with Gasteiger partial charge in [0.2, 0.25) is 5.95 Å². The van der Waals surface area contributed by atoms with E-state index in [1.807, 2.05) is 12.1 Å². The van der Waals surface area contributed by atoms with Crippen LogP contribution in [0, 0.1) is 17.1 Å². The van der Waals surface area contributed by atoms with Crippen LogP contribution in [0.1, 0.15) is 16.7 Å². The molecule has 3 aromatic rings. The van der Waals surface area contributed by atoms with Crippen molar-refractivity contribution in [2.45, 2.75) is 5.33 Å². The van der Waals surface area contributed by atoms with Crippen molar-refractivity contribution >= 4 is 28.1 Å². The number of halogens is 2. The van der Waals surface area contributed by atoms with Crippen molar-refractivity contribution < 1.29 is 4.39 Å². The summed E-state index contributed by atoms with van der Waals surface area (Å²) in [6, 6.07) is 15.2. The summed E-state index contributed by atoms with van der Waals surface area (Å²) in [7, 11) is 0. The van der Waals surface area contributed by atoms with Gasteiger partial charge in [0, 0.05) is 16.5 Å². The first kappa shape index (κ1) is 18.5. The van der Waals surface area contributed by atoms with Gasteiger partial charge >= 0.3 is 0 Å². The quantitative estimate of drug-likeness (QED) is 0.369. The van der Waals surface area contributed by atoms with Crippen LogP contribution in [0.15, 0.2) is 58.4 Å². The molecule has 2 N–H and O–H groups in total. The third kappa shape index (κ3) is 4.27. The van der Waals surface area contributed by atoms with Crippen LogP contribution >= 0.6 is 15.9 Å². The van der Waals surface area contributed by atoms with Crippen molar-refractivity contribution in [3.05, 3.63) is 81.4 Å². The van der Waals surface area contributed by atoms with Gasteiger partial charge in [0.1, 0.15) is 17.4 Å². The second kappa shape index (κ2) is 8.38. The van der Waals surface area contributed by atoms with Gasteiger partial charge in [-0.3, -0.25) is 9.78 Å². The van der Waals surface area contributed by atoms with Crippen molar-refractivity contribution in [2.75, 3.05) is 5.43 Å². The lowest BCUT2D eigenvalue weighted by Crippen LogP contribution is -2.16. The van der Waals surface area contributed by atoms with E-state index in [4.69, 9.17) is 0 Å². The molecule has 27 heavy (non-hydrogen) atoms. The summed E-state index contributed by atoms with van der Waals surface area (Å²) >= 11 is 3.34. The summed E-state index contributed by atoms with van der Waals surface area (Å²) in [6.45, 7) is 0. The molecule has 0 saturated heterocycles. The standard InChI is InChI=1S/C19H13BrFN5O/c20-9-13-6-7-15(21)8-14(13)11-23-26-19-24-17(12-4-2-1-3-5-12)16(10-22)18(27)25-19/h1-8,11H,9H2,(H2,24,25,26,27). The van der Waals surface area contributed by atoms with E-state index in [9.17, 15) is 14.4 Å². The molecule has 0 fully saturated rings. The highest BCUT2D eigenvalue weighted by Crippen LogP contribution is 2.19. The Bertz CT molecular complexity index is 1090. The summed E-state index contributed by atoms with van der Waals surface area (Å²) in [6.07, 6.45) is 1.43. The minimum atomic E-state index is -0.573. The number of aromatic nitrogens is 2. The Morgan fingerprint density at radius 2 is 2.07 bits per heavy atom. The van der Waals surface area contributed by atoms with Crippen molar-refractivity contribution in [1.29, 1.82) is 5.26 Å². The van der Waals surface area contributed by atoms with E-state index < -0.39 is 5.56 Å². The number of nitrogens with zero attached hydrogens (tertiary/aromatic N) is 3. The van der Waals surface area contributed by atoms with E-state index in [1.54, 1.807) is 30.3 Å². The number of aromatic amines is 1. The van der Waals surface area contributed by atoms with Crippen LogP contribution in [0.3, 0.4) is 0 Å². The third-order valence-electron chi connectivity index (χ3n) is 3.70. The molecule has 0 bridgehead atoms. The van der Waals surface area contributed by atoms with Crippen molar-refractivity contribution in [3.63, 3.8) is 0 Å². The molecule has 0 unspecified atom stereocenters. The number of hydrazone groups is 1. The number of rotatable bonds is 5. The number of benzene rings is 2. The lowest BCUT2D eigenvalue weighted by Gasteiger charge is -2.06. The third-order valence-corrected chi connectivity index (χ3v) is 4.31. The maximum atomic E-state index is 13.4. The molecule has 2 aromatic carbocycles. The molecule has 0 aliphatic carbocycles.